The van der Waals surface area contributed by atoms with Crippen LogP contribution in [0.5, 0.6) is 0 Å². The minimum atomic E-state index is -0.268. The standard InChI is InChI=1S/C20H17NO2/c22-20(14-19-8-4-5-13-21-19)23-15-16-9-11-18(12-10-16)17-6-2-1-3-7-17/h1-13H,14-15H2. The highest BCUT2D eigenvalue weighted by Gasteiger charge is 2.06. The Balaban J connectivity index is 1.55. The van der Waals surface area contributed by atoms with Gasteiger partial charge in [-0.1, -0.05) is 60.7 Å². The van der Waals surface area contributed by atoms with E-state index in [0.717, 1.165) is 16.8 Å². The van der Waals surface area contributed by atoms with Crippen molar-refractivity contribution >= 4 is 5.97 Å². The van der Waals surface area contributed by atoms with Crippen LogP contribution in [-0.2, 0) is 22.6 Å². The topological polar surface area (TPSA) is 39.2 Å². The van der Waals surface area contributed by atoms with Gasteiger partial charge in [0.25, 0.3) is 0 Å². The van der Waals surface area contributed by atoms with E-state index in [-0.39, 0.29) is 19.0 Å². The van der Waals surface area contributed by atoms with Gasteiger partial charge in [-0.05, 0) is 28.8 Å². The summed E-state index contributed by atoms with van der Waals surface area (Å²) >= 11 is 0. The SMILES string of the molecule is O=C(Cc1ccccn1)OCc1ccc(-c2ccccc2)cc1. The van der Waals surface area contributed by atoms with Crippen LogP contribution < -0.4 is 0 Å². The summed E-state index contributed by atoms with van der Waals surface area (Å²) in [6.45, 7) is 0.279. The van der Waals surface area contributed by atoms with Crippen LogP contribution in [0.1, 0.15) is 11.3 Å². The van der Waals surface area contributed by atoms with Gasteiger partial charge in [-0.25, -0.2) is 0 Å². The molecule has 1 heterocycles. The molecule has 0 aliphatic carbocycles. The number of benzene rings is 2. The number of pyridine rings is 1. The van der Waals surface area contributed by atoms with Crippen LogP contribution in [0.25, 0.3) is 11.1 Å². The van der Waals surface area contributed by atoms with Crippen LogP contribution in [0.2, 0.25) is 0 Å². The maximum absolute atomic E-state index is 11.8. The smallest absolute Gasteiger partial charge is 0.312 e. The maximum atomic E-state index is 11.8. The molecular weight excluding hydrogens is 286 g/mol. The zero-order valence-corrected chi connectivity index (χ0v) is 12.7. The Morgan fingerprint density at radius 2 is 1.52 bits per heavy atom. The Labute approximate surface area is 135 Å². The number of hydrogen-bond donors (Lipinski definition) is 0. The van der Waals surface area contributed by atoms with Crippen LogP contribution in [0.15, 0.2) is 79.0 Å². The van der Waals surface area contributed by atoms with E-state index in [1.54, 1.807) is 6.20 Å². The molecular formula is C20H17NO2. The van der Waals surface area contributed by atoms with Crippen molar-refractivity contribution in [3.63, 3.8) is 0 Å². The van der Waals surface area contributed by atoms with Crippen LogP contribution in [0, 0.1) is 0 Å². The second kappa shape index (κ2) is 7.36. The first kappa shape index (κ1) is 15.0. The van der Waals surface area contributed by atoms with Crippen molar-refractivity contribution in [2.75, 3.05) is 0 Å². The Morgan fingerprint density at radius 3 is 2.22 bits per heavy atom. The molecule has 2 aromatic carbocycles. The van der Waals surface area contributed by atoms with Gasteiger partial charge >= 0.3 is 5.97 Å². The van der Waals surface area contributed by atoms with Crippen molar-refractivity contribution in [2.24, 2.45) is 0 Å². The lowest BCUT2D eigenvalue weighted by atomic mass is 10.0. The lowest BCUT2D eigenvalue weighted by Gasteiger charge is -2.06. The number of nitrogens with zero attached hydrogens (tertiary/aromatic N) is 1. The van der Waals surface area contributed by atoms with E-state index < -0.39 is 0 Å². The Hall–Kier alpha value is -2.94. The number of carbonyl (C=O) groups excluding carboxylic acids is 1. The van der Waals surface area contributed by atoms with Gasteiger partial charge in [0.2, 0.25) is 0 Å². The molecule has 1 aromatic heterocycles. The molecule has 3 heteroatoms. The summed E-state index contributed by atoms with van der Waals surface area (Å²) in [5.41, 5.74) is 4.01. The van der Waals surface area contributed by atoms with Crippen molar-refractivity contribution in [1.82, 2.24) is 4.98 Å². The highest BCUT2D eigenvalue weighted by atomic mass is 16.5. The van der Waals surface area contributed by atoms with Crippen LogP contribution in [-0.4, -0.2) is 11.0 Å². The van der Waals surface area contributed by atoms with E-state index in [4.69, 9.17) is 4.74 Å². The molecule has 3 nitrogen and oxygen atoms in total. The third-order valence-corrected chi connectivity index (χ3v) is 3.51. The Kier molecular flexibility index (Phi) is 4.79. The van der Waals surface area contributed by atoms with Crippen molar-refractivity contribution in [3.8, 4) is 11.1 Å². The summed E-state index contributed by atoms with van der Waals surface area (Å²) < 4.78 is 5.30. The van der Waals surface area contributed by atoms with Gasteiger partial charge in [0.05, 0.1) is 12.1 Å². The molecule has 0 saturated heterocycles. The number of ether oxygens (including phenoxy) is 1. The third-order valence-electron chi connectivity index (χ3n) is 3.51. The molecule has 3 aromatic rings. The molecule has 0 aliphatic rings. The monoisotopic (exact) mass is 303 g/mol. The van der Waals surface area contributed by atoms with E-state index in [0.29, 0.717) is 0 Å². The number of aromatic nitrogens is 1. The summed E-state index contributed by atoms with van der Waals surface area (Å²) in [5.74, 6) is -0.268. The number of hydrogen-bond acceptors (Lipinski definition) is 3. The zero-order valence-electron chi connectivity index (χ0n) is 12.7. The summed E-state index contributed by atoms with van der Waals surface area (Å²) in [7, 11) is 0. The quantitative estimate of drug-likeness (QED) is 0.668. The lowest BCUT2D eigenvalue weighted by molar-refractivity contribution is -0.144. The summed E-state index contributed by atoms with van der Waals surface area (Å²) in [4.78, 5) is 15.9. The molecule has 0 fully saturated rings. The molecule has 0 unspecified atom stereocenters. The van der Waals surface area contributed by atoms with E-state index in [1.807, 2.05) is 60.7 Å². The summed E-state index contributed by atoms with van der Waals surface area (Å²) in [6, 6.07) is 23.7. The van der Waals surface area contributed by atoms with E-state index >= 15 is 0 Å². The maximum Gasteiger partial charge on any atom is 0.312 e. The molecule has 23 heavy (non-hydrogen) atoms. The van der Waals surface area contributed by atoms with Crippen molar-refractivity contribution in [3.05, 3.63) is 90.3 Å². The first-order valence-corrected chi connectivity index (χ1v) is 7.51. The molecule has 0 aliphatic heterocycles. The molecule has 114 valence electrons. The summed E-state index contributed by atoms with van der Waals surface area (Å²) in [5, 5.41) is 0. The lowest BCUT2D eigenvalue weighted by Crippen LogP contribution is -2.08. The van der Waals surface area contributed by atoms with Gasteiger partial charge in [0, 0.05) is 6.20 Å². The molecule has 3 rings (SSSR count). The predicted octanol–water partition coefficient (Wildman–Crippen LogP) is 4.03. The van der Waals surface area contributed by atoms with Gasteiger partial charge in [-0.3, -0.25) is 9.78 Å². The largest absolute Gasteiger partial charge is 0.461 e. The van der Waals surface area contributed by atoms with Gasteiger partial charge < -0.3 is 4.74 Å². The molecule has 0 amide bonds. The highest BCUT2D eigenvalue weighted by molar-refractivity contribution is 5.72. The number of rotatable bonds is 5. The number of esters is 1. The predicted molar refractivity (Wildman–Crippen MR) is 89.6 cm³/mol. The molecule has 0 radical (unpaired) electrons. The van der Waals surface area contributed by atoms with Crippen molar-refractivity contribution in [2.45, 2.75) is 13.0 Å². The van der Waals surface area contributed by atoms with Gasteiger partial charge in [0.1, 0.15) is 6.61 Å². The Bertz CT molecular complexity index is 753. The molecule has 0 spiro atoms. The van der Waals surface area contributed by atoms with Gasteiger partial charge in [-0.15, -0.1) is 0 Å². The first-order chi connectivity index (χ1) is 11.3. The zero-order chi connectivity index (χ0) is 15.9. The average molecular weight is 303 g/mol. The van der Waals surface area contributed by atoms with Crippen LogP contribution in [0.3, 0.4) is 0 Å². The van der Waals surface area contributed by atoms with Crippen molar-refractivity contribution < 1.29 is 9.53 Å². The normalized spacial score (nSPS) is 10.3. The first-order valence-electron chi connectivity index (χ1n) is 7.51. The molecule has 0 saturated carbocycles. The van der Waals surface area contributed by atoms with Gasteiger partial charge in [0.15, 0.2) is 0 Å². The van der Waals surface area contributed by atoms with E-state index in [9.17, 15) is 4.79 Å². The van der Waals surface area contributed by atoms with Crippen LogP contribution >= 0.6 is 0 Å². The summed E-state index contributed by atoms with van der Waals surface area (Å²) in [6.07, 6.45) is 1.87. The minimum absolute atomic E-state index is 0.197. The van der Waals surface area contributed by atoms with Crippen LogP contribution in [0.4, 0.5) is 0 Å². The fourth-order valence-electron chi connectivity index (χ4n) is 2.29. The molecule has 0 bridgehead atoms. The van der Waals surface area contributed by atoms with E-state index in [1.165, 1.54) is 5.56 Å². The number of carbonyl (C=O) groups is 1. The van der Waals surface area contributed by atoms with Crippen molar-refractivity contribution in [1.29, 1.82) is 0 Å². The fraction of sp³-hybridized carbons (Fsp3) is 0.100. The fourth-order valence-corrected chi connectivity index (χ4v) is 2.29. The van der Waals surface area contributed by atoms with Gasteiger partial charge in [-0.2, -0.15) is 0 Å². The van der Waals surface area contributed by atoms with E-state index in [2.05, 4.69) is 17.1 Å². The minimum Gasteiger partial charge on any atom is -0.461 e. The molecule has 0 N–H and O–H groups in total. The Morgan fingerprint density at radius 1 is 0.826 bits per heavy atom. The second-order valence-corrected chi connectivity index (χ2v) is 5.22. The highest BCUT2D eigenvalue weighted by Crippen LogP contribution is 2.19. The third kappa shape index (κ3) is 4.27. The average Bonchev–Trinajstić information content (AvgIpc) is 2.62. The second-order valence-electron chi connectivity index (χ2n) is 5.22. The molecule has 0 atom stereocenters.